The van der Waals surface area contributed by atoms with Crippen molar-refractivity contribution < 1.29 is 19.0 Å². The maximum absolute atomic E-state index is 12.3. The molecule has 0 aromatic heterocycles. The van der Waals surface area contributed by atoms with Gasteiger partial charge in [-0.25, -0.2) is 0 Å². The van der Waals surface area contributed by atoms with Gasteiger partial charge in [0.15, 0.2) is 0 Å². The zero-order chi connectivity index (χ0) is 20.5. The average Bonchev–Trinajstić information content (AvgIpc) is 2.77. The fourth-order valence-corrected chi connectivity index (χ4v) is 3.45. The summed E-state index contributed by atoms with van der Waals surface area (Å²) in [7, 11) is 1.63. The summed E-state index contributed by atoms with van der Waals surface area (Å²) in [6, 6.07) is 15.6. The number of amides is 1. The van der Waals surface area contributed by atoms with Crippen LogP contribution >= 0.6 is 0 Å². The van der Waals surface area contributed by atoms with Gasteiger partial charge >= 0.3 is 0 Å². The highest BCUT2D eigenvalue weighted by Crippen LogP contribution is 2.23. The van der Waals surface area contributed by atoms with Crippen LogP contribution < -0.4 is 14.8 Å². The van der Waals surface area contributed by atoms with Gasteiger partial charge in [-0.1, -0.05) is 30.7 Å². The van der Waals surface area contributed by atoms with Crippen molar-refractivity contribution in [2.45, 2.75) is 64.4 Å². The molecule has 0 spiro atoms. The maximum Gasteiger partial charge on any atom is 0.249 e. The molecule has 1 atom stereocenters. The number of nitrogens with one attached hydrogen (secondary N) is 1. The molecule has 0 bridgehead atoms. The fourth-order valence-electron chi connectivity index (χ4n) is 3.45. The molecule has 1 aliphatic carbocycles. The molecule has 0 saturated heterocycles. The van der Waals surface area contributed by atoms with E-state index in [4.69, 9.17) is 14.2 Å². The van der Waals surface area contributed by atoms with Crippen LogP contribution in [0.5, 0.6) is 11.5 Å². The van der Waals surface area contributed by atoms with Gasteiger partial charge in [-0.2, -0.15) is 0 Å². The largest absolute Gasteiger partial charge is 0.497 e. The third kappa shape index (κ3) is 6.79. The van der Waals surface area contributed by atoms with Gasteiger partial charge in [0.05, 0.1) is 19.8 Å². The molecule has 156 valence electrons. The van der Waals surface area contributed by atoms with Gasteiger partial charge in [-0.15, -0.1) is 0 Å². The van der Waals surface area contributed by atoms with Gasteiger partial charge in [0.25, 0.3) is 0 Å². The highest BCUT2D eigenvalue weighted by atomic mass is 16.5. The number of rotatable bonds is 9. The summed E-state index contributed by atoms with van der Waals surface area (Å²) in [4.78, 5) is 12.3. The van der Waals surface area contributed by atoms with E-state index < -0.39 is 6.10 Å². The van der Waals surface area contributed by atoms with Crippen LogP contribution in [-0.2, 0) is 22.7 Å². The number of ether oxygens (including phenoxy) is 3. The molecule has 1 unspecified atom stereocenters. The lowest BCUT2D eigenvalue weighted by Crippen LogP contribution is -2.34. The van der Waals surface area contributed by atoms with Gasteiger partial charge < -0.3 is 19.5 Å². The molecule has 5 heteroatoms. The van der Waals surface area contributed by atoms with Crippen molar-refractivity contribution in [3.8, 4) is 11.5 Å². The Balaban J connectivity index is 1.40. The van der Waals surface area contributed by atoms with E-state index in [1.807, 2.05) is 48.5 Å². The number of hydrogen-bond donors (Lipinski definition) is 1. The van der Waals surface area contributed by atoms with Gasteiger partial charge in [0.2, 0.25) is 5.91 Å². The van der Waals surface area contributed by atoms with Crippen LogP contribution in [0.3, 0.4) is 0 Å². The summed E-state index contributed by atoms with van der Waals surface area (Å²) in [5.74, 6) is 1.55. The van der Waals surface area contributed by atoms with Crippen LogP contribution in [0.2, 0.25) is 0 Å². The Morgan fingerprint density at radius 2 is 1.79 bits per heavy atom. The quantitative estimate of drug-likeness (QED) is 0.670. The molecule has 5 nitrogen and oxygen atoms in total. The van der Waals surface area contributed by atoms with Crippen LogP contribution in [0, 0.1) is 0 Å². The lowest BCUT2D eigenvalue weighted by Gasteiger charge is -2.23. The van der Waals surface area contributed by atoms with E-state index in [1.165, 1.54) is 19.3 Å². The van der Waals surface area contributed by atoms with Crippen LogP contribution in [-0.4, -0.2) is 25.2 Å². The molecule has 1 aliphatic rings. The normalized spacial score (nSPS) is 15.5. The Morgan fingerprint density at radius 3 is 2.52 bits per heavy atom. The highest BCUT2D eigenvalue weighted by Gasteiger charge is 2.15. The number of benzene rings is 2. The smallest absolute Gasteiger partial charge is 0.249 e. The molecule has 2 aromatic carbocycles. The molecule has 1 saturated carbocycles. The number of carbonyl (C=O) groups is 1. The van der Waals surface area contributed by atoms with E-state index >= 15 is 0 Å². The highest BCUT2D eigenvalue weighted by molar-refractivity contribution is 5.80. The van der Waals surface area contributed by atoms with Gasteiger partial charge in [-0.3, -0.25) is 4.79 Å². The number of carbonyl (C=O) groups excluding carboxylic acids is 1. The third-order valence-corrected chi connectivity index (χ3v) is 5.25. The van der Waals surface area contributed by atoms with E-state index in [0.717, 1.165) is 35.5 Å². The summed E-state index contributed by atoms with van der Waals surface area (Å²) in [6.07, 6.45) is 5.93. The minimum Gasteiger partial charge on any atom is -0.497 e. The second-order valence-electron chi connectivity index (χ2n) is 7.54. The van der Waals surface area contributed by atoms with E-state index in [2.05, 4.69) is 5.32 Å². The Labute approximate surface area is 173 Å². The molecule has 1 N–H and O–H groups in total. The van der Waals surface area contributed by atoms with Crippen molar-refractivity contribution in [2.75, 3.05) is 7.11 Å². The van der Waals surface area contributed by atoms with Crippen LogP contribution in [0.4, 0.5) is 0 Å². The number of methoxy groups -OCH3 is 1. The Hall–Kier alpha value is -2.53. The second kappa shape index (κ2) is 10.9. The lowest BCUT2D eigenvalue weighted by atomic mass is 9.98. The van der Waals surface area contributed by atoms with Crippen molar-refractivity contribution in [3.05, 3.63) is 59.7 Å². The molecule has 29 heavy (non-hydrogen) atoms. The first-order chi connectivity index (χ1) is 14.1. The van der Waals surface area contributed by atoms with Crippen molar-refractivity contribution in [2.24, 2.45) is 0 Å². The Morgan fingerprint density at radius 1 is 1.03 bits per heavy atom. The molecule has 2 aromatic rings. The zero-order valence-corrected chi connectivity index (χ0v) is 17.4. The van der Waals surface area contributed by atoms with Crippen LogP contribution in [0.1, 0.15) is 50.2 Å². The van der Waals surface area contributed by atoms with Gasteiger partial charge in [-0.05, 0) is 68.0 Å². The molecule has 3 rings (SSSR count). The standard InChI is InChI=1S/C24H31NO4/c1-18(28-17-20-7-6-10-23(15-20)27-2)24(26)25-16-19-11-13-22(14-12-19)29-21-8-4-3-5-9-21/h6-7,10-15,18,21H,3-5,8-9,16-17H2,1-2H3,(H,25,26). The lowest BCUT2D eigenvalue weighted by molar-refractivity contribution is -0.132. The first-order valence-electron chi connectivity index (χ1n) is 10.4. The van der Waals surface area contributed by atoms with E-state index in [9.17, 15) is 4.79 Å². The Kier molecular flexibility index (Phi) is 7.94. The monoisotopic (exact) mass is 397 g/mol. The second-order valence-corrected chi connectivity index (χ2v) is 7.54. The third-order valence-electron chi connectivity index (χ3n) is 5.25. The van der Waals surface area contributed by atoms with Crippen molar-refractivity contribution in [1.82, 2.24) is 5.32 Å². The van der Waals surface area contributed by atoms with E-state index in [-0.39, 0.29) is 5.91 Å². The predicted octanol–water partition coefficient (Wildman–Crippen LogP) is 4.63. The summed E-state index contributed by atoms with van der Waals surface area (Å²) in [6.45, 7) is 2.59. The minimum atomic E-state index is -0.532. The minimum absolute atomic E-state index is 0.129. The fraction of sp³-hybridized carbons (Fsp3) is 0.458. The summed E-state index contributed by atoms with van der Waals surface area (Å²) in [5.41, 5.74) is 2.01. The average molecular weight is 398 g/mol. The molecule has 0 aliphatic heterocycles. The number of hydrogen-bond acceptors (Lipinski definition) is 4. The predicted molar refractivity (Wildman–Crippen MR) is 113 cm³/mol. The van der Waals surface area contributed by atoms with E-state index in [1.54, 1.807) is 14.0 Å². The first kappa shape index (κ1) is 21.2. The van der Waals surface area contributed by atoms with Crippen LogP contribution in [0.15, 0.2) is 48.5 Å². The maximum atomic E-state index is 12.3. The topological polar surface area (TPSA) is 56.8 Å². The molecule has 0 heterocycles. The molecule has 1 amide bonds. The molecule has 1 fully saturated rings. The zero-order valence-electron chi connectivity index (χ0n) is 17.4. The Bertz CT molecular complexity index is 769. The van der Waals surface area contributed by atoms with E-state index in [0.29, 0.717) is 19.3 Å². The summed E-state index contributed by atoms with van der Waals surface area (Å²) in [5, 5.41) is 2.93. The van der Waals surface area contributed by atoms with Gasteiger partial charge in [0, 0.05) is 6.54 Å². The van der Waals surface area contributed by atoms with Crippen molar-refractivity contribution in [1.29, 1.82) is 0 Å². The molecular formula is C24H31NO4. The summed E-state index contributed by atoms with van der Waals surface area (Å²) < 4.78 is 16.9. The van der Waals surface area contributed by atoms with Gasteiger partial charge in [0.1, 0.15) is 17.6 Å². The van der Waals surface area contributed by atoms with Crippen LogP contribution in [0.25, 0.3) is 0 Å². The SMILES string of the molecule is COc1cccc(COC(C)C(=O)NCc2ccc(OC3CCCCC3)cc2)c1. The van der Waals surface area contributed by atoms with Crippen molar-refractivity contribution in [3.63, 3.8) is 0 Å². The molecular weight excluding hydrogens is 366 g/mol. The van der Waals surface area contributed by atoms with Crippen molar-refractivity contribution >= 4 is 5.91 Å². The first-order valence-corrected chi connectivity index (χ1v) is 10.4. The molecule has 0 radical (unpaired) electrons. The summed E-state index contributed by atoms with van der Waals surface area (Å²) >= 11 is 0.